The molecule has 3 nitrogen and oxygen atoms in total. The predicted octanol–water partition coefficient (Wildman–Crippen LogP) is 2.75. The van der Waals surface area contributed by atoms with E-state index in [0.29, 0.717) is 6.54 Å². The first-order chi connectivity index (χ1) is 8.09. The zero-order valence-corrected chi connectivity index (χ0v) is 10.4. The van der Waals surface area contributed by atoms with Crippen molar-refractivity contribution in [3.8, 4) is 0 Å². The number of aryl methyl sites for hydroxylation is 1. The Morgan fingerprint density at radius 1 is 1.35 bits per heavy atom. The van der Waals surface area contributed by atoms with Gasteiger partial charge in [-0.2, -0.15) is 0 Å². The van der Waals surface area contributed by atoms with Crippen LogP contribution in [0.15, 0.2) is 30.5 Å². The second-order valence-electron chi connectivity index (χ2n) is 4.25. The lowest BCUT2D eigenvalue weighted by Gasteiger charge is -2.08. The Balaban J connectivity index is 2.37. The Bertz CT molecular complexity index is 541. The second kappa shape index (κ2) is 4.53. The molecule has 2 heterocycles. The number of carbonyl (C=O) groups is 1. The van der Waals surface area contributed by atoms with E-state index in [1.165, 1.54) is 0 Å². The lowest BCUT2D eigenvalue weighted by molar-refractivity contribution is 0.101. The average molecular weight is 228 g/mol. The van der Waals surface area contributed by atoms with Crippen molar-refractivity contribution in [1.82, 2.24) is 9.55 Å². The largest absolute Gasteiger partial charge is 0.343 e. The summed E-state index contributed by atoms with van der Waals surface area (Å²) in [7, 11) is 0. The first kappa shape index (κ1) is 11.6. The van der Waals surface area contributed by atoms with Crippen LogP contribution in [0.3, 0.4) is 0 Å². The lowest BCUT2D eigenvalue weighted by atomic mass is 10.2. The maximum Gasteiger partial charge on any atom is 0.161 e. The molecule has 2 aromatic rings. The van der Waals surface area contributed by atoms with Crippen molar-refractivity contribution in [2.75, 3.05) is 0 Å². The van der Waals surface area contributed by atoms with Gasteiger partial charge in [-0.25, -0.2) is 0 Å². The van der Waals surface area contributed by atoms with Gasteiger partial charge in [0.1, 0.15) is 0 Å². The highest BCUT2D eigenvalue weighted by Gasteiger charge is 2.12. The quantitative estimate of drug-likeness (QED) is 0.757. The zero-order valence-electron chi connectivity index (χ0n) is 10.4. The third-order valence-corrected chi connectivity index (χ3v) is 3.00. The van der Waals surface area contributed by atoms with Gasteiger partial charge in [0.05, 0.1) is 12.2 Å². The summed E-state index contributed by atoms with van der Waals surface area (Å²) in [5.41, 5.74) is 3.92. The van der Waals surface area contributed by atoms with E-state index in [9.17, 15) is 4.79 Å². The highest BCUT2D eigenvalue weighted by molar-refractivity contribution is 5.95. The highest BCUT2D eigenvalue weighted by atomic mass is 16.1. The Morgan fingerprint density at radius 3 is 2.65 bits per heavy atom. The number of carbonyl (C=O) groups excluding carboxylic acids is 1. The standard InChI is InChI=1S/C14H16N2O/c1-10-8-14(12(3)17)11(2)16(10)9-13-6-4-5-7-15-13/h4-8H,9H2,1-3H3. The number of Topliss-reactive ketones (excluding diaryl/α,β-unsaturated/α-hetero) is 1. The molecule has 0 saturated carbocycles. The van der Waals surface area contributed by atoms with Gasteiger partial charge in [0, 0.05) is 23.1 Å². The van der Waals surface area contributed by atoms with Crippen molar-refractivity contribution in [2.45, 2.75) is 27.3 Å². The fourth-order valence-corrected chi connectivity index (χ4v) is 2.05. The van der Waals surface area contributed by atoms with Crippen LogP contribution >= 0.6 is 0 Å². The van der Waals surface area contributed by atoms with E-state index in [-0.39, 0.29) is 5.78 Å². The summed E-state index contributed by atoms with van der Waals surface area (Å²) in [5, 5.41) is 0. The molecule has 0 unspecified atom stereocenters. The van der Waals surface area contributed by atoms with Gasteiger partial charge in [-0.05, 0) is 39.0 Å². The maximum atomic E-state index is 11.5. The smallest absolute Gasteiger partial charge is 0.161 e. The summed E-state index contributed by atoms with van der Waals surface area (Å²) < 4.78 is 2.12. The first-order valence-electron chi connectivity index (χ1n) is 5.67. The van der Waals surface area contributed by atoms with Gasteiger partial charge in [0.2, 0.25) is 0 Å². The number of rotatable bonds is 3. The fraction of sp³-hybridized carbons (Fsp3) is 0.286. The van der Waals surface area contributed by atoms with Gasteiger partial charge in [0.15, 0.2) is 5.78 Å². The molecular formula is C14H16N2O. The van der Waals surface area contributed by atoms with Crippen molar-refractivity contribution in [3.63, 3.8) is 0 Å². The Morgan fingerprint density at radius 2 is 2.12 bits per heavy atom. The van der Waals surface area contributed by atoms with Crippen LogP contribution in [0.25, 0.3) is 0 Å². The Labute approximate surface area is 101 Å². The van der Waals surface area contributed by atoms with E-state index in [0.717, 1.165) is 22.6 Å². The highest BCUT2D eigenvalue weighted by Crippen LogP contribution is 2.16. The molecule has 0 fully saturated rings. The van der Waals surface area contributed by atoms with Gasteiger partial charge in [-0.1, -0.05) is 6.07 Å². The molecular weight excluding hydrogens is 212 g/mol. The summed E-state index contributed by atoms with van der Waals surface area (Å²) in [5.74, 6) is 0.116. The molecule has 0 N–H and O–H groups in total. The van der Waals surface area contributed by atoms with Gasteiger partial charge >= 0.3 is 0 Å². The van der Waals surface area contributed by atoms with E-state index in [4.69, 9.17) is 0 Å². The average Bonchev–Trinajstić information content (AvgIpc) is 2.58. The molecule has 0 aromatic carbocycles. The minimum Gasteiger partial charge on any atom is -0.343 e. The summed E-state index contributed by atoms with van der Waals surface area (Å²) >= 11 is 0. The molecule has 0 radical (unpaired) electrons. The molecule has 0 aliphatic rings. The molecule has 17 heavy (non-hydrogen) atoms. The monoisotopic (exact) mass is 228 g/mol. The normalized spacial score (nSPS) is 10.5. The van der Waals surface area contributed by atoms with E-state index < -0.39 is 0 Å². The molecule has 0 aliphatic heterocycles. The third-order valence-electron chi connectivity index (χ3n) is 3.00. The molecule has 0 atom stereocenters. The molecule has 88 valence electrons. The van der Waals surface area contributed by atoms with Gasteiger partial charge in [0.25, 0.3) is 0 Å². The van der Waals surface area contributed by atoms with Crippen LogP contribution in [0.4, 0.5) is 0 Å². The number of pyridine rings is 1. The number of hydrogen-bond acceptors (Lipinski definition) is 2. The summed E-state index contributed by atoms with van der Waals surface area (Å²) in [6, 6.07) is 7.81. The van der Waals surface area contributed by atoms with Crippen molar-refractivity contribution < 1.29 is 4.79 Å². The van der Waals surface area contributed by atoms with Gasteiger partial charge in [-0.15, -0.1) is 0 Å². The zero-order chi connectivity index (χ0) is 12.4. The van der Waals surface area contributed by atoms with Crippen molar-refractivity contribution in [2.24, 2.45) is 0 Å². The molecule has 0 saturated heterocycles. The molecule has 0 bridgehead atoms. The molecule has 0 spiro atoms. The minimum atomic E-state index is 0.116. The molecule has 0 aliphatic carbocycles. The maximum absolute atomic E-state index is 11.5. The van der Waals surface area contributed by atoms with Crippen molar-refractivity contribution in [3.05, 3.63) is 53.1 Å². The molecule has 2 aromatic heterocycles. The summed E-state index contributed by atoms with van der Waals surface area (Å²) in [4.78, 5) is 15.8. The van der Waals surface area contributed by atoms with Crippen LogP contribution in [0, 0.1) is 13.8 Å². The molecule has 3 heteroatoms. The van der Waals surface area contributed by atoms with Crippen molar-refractivity contribution >= 4 is 5.78 Å². The predicted molar refractivity (Wildman–Crippen MR) is 67.2 cm³/mol. The third kappa shape index (κ3) is 2.28. The minimum absolute atomic E-state index is 0.116. The van der Waals surface area contributed by atoms with Gasteiger partial charge < -0.3 is 4.57 Å². The second-order valence-corrected chi connectivity index (χ2v) is 4.25. The Hall–Kier alpha value is -1.90. The van der Waals surface area contributed by atoms with Crippen LogP contribution < -0.4 is 0 Å². The summed E-state index contributed by atoms with van der Waals surface area (Å²) in [6.45, 7) is 6.31. The molecule has 0 amide bonds. The van der Waals surface area contributed by atoms with Crippen LogP contribution in [0.1, 0.15) is 34.4 Å². The number of hydrogen-bond donors (Lipinski definition) is 0. The van der Waals surface area contributed by atoms with E-state index in [2.05, 4.69) is 9.55 Å². The lowest BCUT2D eigenvalue weighted by Crippen LogP contribution is -2.06. The van der Waals surface area contributed by atoms with E-state index >= 15 is 0 Å². The number of nitrogens with zero attached hydrogens (tertiary/aromatic N) is 2. The summed E-state index contributed by atoms with van der Waals surface area (Å²) in [6.07, 6.45) is 1.79. The van der Waals surface area contributed by atoms with Crippen molar-refractivity contribution in [1.29, 1.82) is 0 Å². The number of aromatic nitrogens is 2. The molecule has 2 rings (SSSR count). The fourth-order valence-electron chi connectivity index (χ4n) is 2.05. The van der Waals surface area contributed by atoms with Gasteiger partial charge in [-0.3, -0.25) is 9.78 Å². The van der Waals surface area contributed by atoms with Crippen LogP contribution in [-0.2, 0) is 6.54 Å². The topological polar surface area (TPSA) is 34.9 Å². The first-order valence-corrected chi connectivity index (χ1v) is 5.67. The van der Waals surface area contributed by atoms with Crippen LogP contribution in [0.5, 0.6) is 0 Å². The van der Waals surface area contributed by atoms with Crippen LogP contribution in [-0.4, -0.2) is 15.3 Å². The van der Waals surface area contributed by atoms with E-state index in [1.807, 2.05) is 38.1 Å². The SMILES string of the molecule is CC(=O)c1cc(C)n(Cc2ccccn2)c1C. The Kier molecular flexibility index (Phi) is 3.09. The van der Waals surface area contributed by atoms with Crippen LogP contribution in [0.2, 0.25) is 0 Å². The van der Waals surface area contributed by atoms with E-state index in [1.54, 1.807) is 13.1 Å². The number of ketones is 1.